The minimum absolute atomic E-state index is 0.0106. The second-order valence-electron chi connectivity index (χ2n) is 4.48. The van der Waals surface area contributed by atoms with Crippen LogP contribution >= 0.6 is 0 Å². The smallest absolute Gasteiger partial charge is 0.307 e. The molecular formula is C13H19NO5. The average Bonchev–Trinajstić information content (AvgIpc) is 2.38. The van der Waals surface area contributed by atoms with Crippen molar-refractivity contribution in [3.63, 3.8) is 0 Å². The molecule has 6 N–H and O–H groups in total. The lowest BCUT2D eigenvalue weighted by Gasteiger charge is -2.20. The third kappa shape index (κ3) is 3.29. The summed E-state index contributed by atoms with van der Waals surface area (Å²) in [5, 5.41) is 37.6. The zero-order valence-corrected chi connectivity index (χ0v) is 10.7. The molecule has 6 heteroatoms. The standard InChI is InChI=1S/C13H19NO5/c1-2-7(5-8(6-14)13(18)19)9-3-4-10(15)12(17)11(9)16/h3-4,7-8,15-17H,2,5-6,14H2,1H3,(H,18,19). The first-order valence-electron chi connectivity index (χ1n) is 6.08. The van der Waals surface area contributed by atoms with Crippen molar-refractivity contribution in [1.82, 2.24) is 0 Å². The SMILES string of the molecule is CCC(CC(CN)C(=O)O)c1ccc(O)c(O)c1O. The van der Waals surface area contributed by atoms with Gasteiger partial charge in [0.15, 0.2) is 11.5 Å². The lowest BCUT2D eigenvalue weighted by Crippen LogP contribution is -2.25. The number of carboxylic acids is 1. The molecule has 1 rings (SSSR count). The van der Waals surface area contributed by atoms with Crippen molar-refractivity contribution in [3.05, 3.63) is 17.7 Å². The Hall–Kier alpha value is -1.95. The van der Waals surface area contributed by atoms with Crippen LogP contribution in [0, 0.1) is 5.92 Å². The lowest BCUT2D eigenvalue weighted by molar-refractivity contribution is -0.141. The number of rotatable bonds is 6. The van der Waals surface area contributed by atoms with Crippen LogP contribution in [0.25, 0.3) is 0 Å². The number of phenolic OH excluding ortho intramolecular Hbond substituents is 3. The molecule has 1 aromatic rings. The maximum absolute atomic E-state index is 11.0. The molecule has 0 saturated carbocycles. The molecule has 0 amide bonds. The molecule has 6 nitrogen and oxygen atoms in total. The van der Waals surface area contributed by atoms with Gasteiger partial charge in [-0.2, -0.15) is 0 Å². The zero-order valence-electron chi connectivity index (χ0n) is 10.7. The highest BCUT2D eigenvalue weighted by Crippen LogP contribution is 2.42. The molecule has 0 radical (unpaired) electrons. The van der Waals surface area contributed by atoms with Crippen LogP contribution in [0.4, 0.5) is 0 Å². The Balaban J connectivity index is 3.04. The number of carbonyl (C=O) groups is 1. The van der Waals surface area contributed by atoms with E-state index in [-0.39, 0.29) is 18.9 Å². The fourth-order valence-electron chi connectivity index (χ4n) is 2.07. The largest absolute Gasteiger partial charge is 0.504 e. The van der Waals surface area contributed by atoms with Crippen molar-refractivity contribution in [2.24, 2.45) is 11.7 Å². The highest BCUT2D eigenvalue weighted by atomic mass is 16.4. The third-order valence-corrected chi connectivity index (χ3v) is 3.30. The summed E-state index contributed by atoms with van der Waals surface area (Å²) >= 11 is 0. The summed E-state index contributed by atoms with van der Waals surface area (Å²) < 4.78 is 0. The van der Waals surface area contributed by atoms with Gasteiger partial charge in [-0.1, -0.05) is 13.0 Å². The highest BCUT2D eigenvalue weighted by Gasteiger charge is 2.24. The number of aliphatic carboxylic acids is 1. The van der Waals surface area contributed by atoms with E-state index in [0.29, 0.717) is 12.0 Å². The summed E-state index contributed by atoms with van der Waals surface area (Å²) in [5.74, 6) is -3.35. The number of nitrogens with two attached hydrogens (primary N) is 1. The number of benzene rings is 1. The van der Waals surface area contributed by atoms with Gasteiger partial charge in [0.2, 0.25) is 5.75 Å². The van der Waals surface area contributed by atoms with Crippen molar-refractivity contribution >= 4 is 5.97 Å². The Morgan fingerprint density at radius 2 is 1.89 bits per heavy atom. The van der Waals surface area contributed by atoms with E-state index in [0.717, 1.165) is 0 Å². The molecule has 19 heavy (non-hydrogen) atoms. The van der Waals surface area contributed by atoms with Crippen LogP contribution in [0.15, 0.2) is 12.1 Å². The molecule has 0 aliphatic rings. The van der Waals surface area contributed by atoms with Crippen LogP contribution in [0.1, 0.15) is 31.2 Å². The minimum Gasteiger partial charge on any atom is -0.504 e. The maximum atomic E-state index is 11.0. The summed E-state index contributed by atoms with van der Waals surface area (Å²) in [5.41, 5.74) is 5.83. The van der Waals surface area contributed by atoms with Gasteiger partial charge in [-0.3, -0.25) is 4.79 Å². The summed E-state index contributed by atoms with van der Waals surface area (Å²) in [6, 6.07) is 2.75. The predicted molar refractivity (Wildman–Crippen MR) is 69.3 cm³/mol. The first-order chi connectivity index (χ1) is 8.92. The lowest BCUT2D eigenvalue weighted by atomic mass is 9.86. The fraction of sp³-hybridized carbons (Fsp3) is 0.462. The van der Waals surface area contributed by atoms with Gasteiger partial charge >= 0.3 is 5.97 Å². The second-order valence-corrected chi connectivity index (χ2v) is 4.48. The number of hydrogen-bond acceptors (Lipinski definition) is 5. The number of phenols is 3. The van der Waals surface area contributed by atoms with Gasteiger partial charge < -0.3 is 26.2 Å². The first-order valence-corrected chi connectivity index (χ1v) is 6.08. The van der Waals surface area contributed by atoms with Crippen LogP contribution in [0.2, 0.25) is 0 Å². The van der Waals surface area contributed by atoms with E-state index in [9.17, 15) is 20.1 Å². The molecule has 0 fully saturated rings. The Morgan fingerprint density at radius 1 is 1.26 bits per heavy atom. The Labute approximate surface area is 111 Å². The molecule has 2 unspecified atom stereocenters. The Morgan fingerprint density at radius 3 is 2.37 bits per heavy atom. The maximum Gasteiger partial charge on any atom is 0.307 e. The van der Waals surface area contributed by atoms with Crippen molar-refractivity contribution in [1.29, 1.82) is 0 Å². The molecule has 0 aromatic heterocycles. The van der Waals surface area contributed by atoms with Crippen molar-refractivity contribution in [2.75, 3.05) is 6.54 Å². The Bertz CT molecular complexity index is 461. The second kappa shape index (κ2) is 6.29. The van der Waals surface area contributed by atoms with Gasteiger partial charge in [0.25, 0.3) is 0 Å². The number of carboxylic acid groups (broad SMARTS) is 1. The van der Waals surface area contributed by atoms with E-state index >= 15 is 0 Å². The summed E-state index contributed by atoms with van der Waals surface area (Å²) in [7, 11) is 0. The van der Waals surface area contributed by atoms with Gasteiger partial charge in [0, 0.05) is 12.1 Å². The van der Waals surface area contributed by atoms with Gasteiger partial charge in [-0.15, -0.1) is 0 Å². The molecule has 0 saturated heterocycles. The predicted octanol–water partition coefficient (Wildman–Crippen LogP) is 1.35. The molecule has 0 bridgehead atoms. The van der Waals surface area contributed by atoms with Crippen LogP contribution in [-0.2, 0) is 4.79 Å². The van der Waals surface area contributed by atoms with Crippen molar-refractivity contribution < 1.29 is 25.2 Å². The van der Waals surface area contributed by atoms with Crippen LogP contribution < -0.4 is 5.73 Å². The van der Waals surface area contributed by atoms with E-state index in [2.05, 4.69) is 0 Å². The summed E-state index contributed by atoms with van der Waals surface area (Å²) in [6.45, 7) is 1.86. The zero-order chi connectivity index (χ0) is 14.6. The molecular weight excluding hydrogens is 250 g/mol. The average molecular weight is 269 g/mol. The van der Waals surface area contributed by atoms with Crippen LogP contribution in [0.5, 0.6) is 17.2 Å². The van der Waals surface area contributed by atoms with Gasteiger partial charge in [0.1, 0.15) is 0 Å². The number of hydrogen-bond donors (Lipinski definition) is 5. The van der Waals surface area contributed by atoms with E-state index < -0.39 is 29.1 Å². The van der Waals surface area contributed by atoms with Crippen LogP contribution in [0.3, 0.4) is 0 Å². The van der Waals surface area contributed by atoms with E-state index in [1.807, 2.05) is 6.92 Å². The quantitative estimate of drug-likeness (QED) is 0.496. The van der Waals surface area contributed by atoms with E-state index in [1.54, 1.807) is 0 Å². The monoisotopic (exact) mass is 269 g/mol. The Kier molecular flexibility index (Phi) is 5.00. The topological polar surface area (TPSA) is 124 Å². The minimum atomic E-state index is -0.983. The third-order valence-electron chi connectivity index (χ3n) is 3.30. The van der Waals surface area contributed by atoms with Crippen LogP contribution in [-0.4, -0.2) is 32.9 Å². The normalized spacial score (nSPS) is 14.0. The summed E-state index contributed by atoms with van der Waals surface area (Å²) in [4.78, 5) is 11.0. The highest BCUT2D eigenvalue weighted by molar-refractivity contribution is 5.70. The summed E-state index contributed by atoms with van der Waals surface area (Å²) in [6.07, 6.45) is 0.849. The molecule has 106 valence electrons. The van der Waals surface area contributed by atoms with Gasteiger partial charge in [-0.05, 0) is 24.8 Å². The number of aromatic hydroxyl groups is 3. The van der Waals surface area contributed by atoms with E-state index in [1.165, 1.54) is 12.1 Å². The first kappa shape index (κ1) is 15.1. The molecule has 0 aliphatic heterocycles. The van der Waals surface area contributed by atoms with Gasteiger partial charge in [-0.25, -0.2) is 0 Å². The van der Waals surface area contributed by atoms with Crippen molar-refractivity contribution in [3.8, 4) is 17.2 Å². The molecule has 2 atom stereocenters. The molecule has 0 heterocycles. The van der Waals surface area contributed by atoms with E-state index in [4.69, 9.17) is 10.8 Å². The van der Waals surface area contributed by atoms with Gasteiger partial charge in [0.05, 0.1) is 5.92 Å². The molecule has 0 spiro atoms. The molecule has 0 aliphatic carbocycles. The van der Waals surface area contributed by atoms with Crippen molar-refractivity contribution in [2.45, 2.75) is 25.7 Å². The molecule has 1 aromatic carbocycles. The fourth-order valence-corrected chi connectivity index (χ4v) is 2.07.